The van der Waals surface area contributed by atoms with E-state index >= 15 is 0 Å². The van der Waals surface area contributed by atoms with Gasteiger partial charge in [-0.05, 0) is 59.3 Å². The Balaban J connectivity index is 3.37. The molecule has 0 aromatic heterocycles. The van der Waals surface area contributed by atoms with Gasteiger partial charge in [0, 0.05) is 26.4 Å². The van der Waals surface area contributed by atoms with Crippen LogP contribution in [0.1, 0.15) is 150 Å². The first kappa shape index (κ1) is 33.8. The molecule has 0 aliphatic carbocycles. The van der Waals surface area contributed by atoms with Crippen molar-refractivity contribution in [2.75, 3.05) is 26.4 Å². The summed E-state index contributed by atoms with van der Waals surface area (Å²) < 4.78 is 22.5. The molecule has 0 rings (SSSR count). The van der Waals surface area contributed by atoms with E-state index in [9.17, 15) is 0 Å². The summed E-state index contributed by atoms with van der Waals surface area (Å²) in [5, 5.41) is 0. The van der Waals surface area contributed by atoms with Crippen molar-refractivity contribution in [3.05, 3.63) is 0 Å². The Morgan fingerprint density at radius 1 is 0.353 bits per heavy atom. The number of hydrogen-bond acceptors (Lipinski definition) is 4. The summed E-state index contributed by atoms with van der Waals surface area (Å²) in [6, 6.07) is 0. The van der Waals surface area contributed by atoms with Crippen LogP contribution in [-0.4, -0.2) is 39.0 Å². The van der Waals surface area contributed by atoms with Crippen molar-refractivity contribution in [3.63, 3.8) is 0 Å². The van der Waals surface area contributed by atoms with Gasteiger partial charge in [0.2, 0.25) is 0 Å². The third kappa shape index (κ3) is 23.6. The lowest BCUT2D eigenvalue weighted by molar-refractivity contribution is -0.140. The quantitative estimate of drug-likeness (QED) is 0.0815. The Hall–Kier alpha value is -0.160. The molecule has 0 bridgehead atoms. The van der Waals surface area contributed by atoms with Gasteiger partial charge < -0.3 is 18.9 Å². The lowest BCUT2D eigenvalue weighted by Gasteiger charge is -2.16. The highest BCUT2D eigenvalue weighted by atomic mass is 16.7. The normalized spacial score (nSPS) is 12.0. The molecule has 0 amide bonds. The van der Waals surface area contributed by atoms with E-state index in [0.29, 0.717) is 0 Å². The second-order valence-corrected chi connectivity index (χ2v) is 9.89. The van der Waals surface area contributed by atoms with Crippen molar-refractivity contribution >= 4 is 0 Å². The van der Waals surface area contributed by atoms with Gasteiger partial charge in [-0.1, -0.05) is 96.8 Å². The van der Waals surface area contributed by atoms with Crippen molar-refractivity contribution in [1.82, 2.24) is 0 Å². The maximum atomic E-state index is 5.62. The average Bonchev–Trinajstić information content (AvgIpc) is 2.82. The van der Waals surface area contributed by atoms with Crippen LogP contribution in [0.15, 0.2) is 0 Å². The smallest absolute Gasteiger partial charge is 0.157 e. The van der Waals surface area contributed by atoms with Crippen molar-refractivity contribution in [2.24, 2.45) is 5.92 Å². The van der Waals surface area contributed by atoms with Gasteiger partial charge in [0.1, 0.15) is 0 Å². The summed E-state index contributed by atoms with van der Waals surface area (Å²) in [6.45, 7) is 13.6. The molecule has 4 nitrogen and oxygen atoms in total. The standard InChI is InChI=1S/C30H62O4/c1-6-31-29(32-7-2)26-22-18-14-10-12-16-20-24-28(5)25-21-17-13-11-15-19-23-27-30(33-8-3)34-9-4/h28-30H,6-27H2,1-5H3. The second-order valence-electron chi connectivity index (χ2n) is 9.89. The maximum Gasteiger partial charge on any atom is 0.157 e. The Bertz CT molecular complexity index is 331. The summed E-state index contributed by atoms with van der Waals surface area (Å²) in [5.41, 5.74) is 0. The molecule has 0 aromatic rings. The van der Waals surface area contributed by atoms with E-state index in [1.165, 1.54) is 103 Å². The molecule has 0 fully saturated rings. The zero-order valence-electron chi connectivity index (χ0n) is 23.9. The van der Waals surface area contributed by atoms with E-state index in [2.05, 4.69) is 6.92 Å². The van der Waals surface area contributed by atoms with Gasteiger partial charge in [-0.25, -0.2) is 0 Å². The minimum atomic E-state index is 0.0151. The molecule has 4 heteroatoms. The zero-order valence-corrected chi connectivity index (χ0v) is 23.9. The topological polar surface area (TPSA) is 36.9 Å². The first-order chi connectivity index (χ1) is 16.7. The fourth-order valence-electron chi connectivity index (χ4n) is 4.69. The molecule has 0 unspecified atom stereocenters. The predicted molar refractivity (Wildman–Crippen MR) is 146 cm³/mol. The molecule has 0 atom stereocenters. The molecule has 0 saturated heterocycles. The summed E-state index contributed by atoms with van der Waals surface area (Å²) in [5.74, 6) is 0.906. The maximum absolute atomic E-state index is 5.62. The molecular weight excluding hydrogens is 424 g/mol. The molecular formula is C30H62O4. The Morgan fingerprint density at radius 3 is 0.853 bits per heavy atom. The van der Waals surface area contributed by atoms with Gasteiger partial charge in [-0.3, -0.25) is 0 Å². The summed E-state index contributed by atoms with van der Waals surface area (Å²) in [7, 11) is 0. The lowest BCUT2D eigenvalue weighted by Crippen LogP contribution is -2.17. The highest BCUT2D eigenvalue weighted by molar-refractivity contribution is 4.57. The molecule has 0 heterocycles. The third-order valence-corrected chi connectivity index (χ3v) is 6.68. The summed E-state index contributed by atoms with van der Waals surface area (Å²) >= 11 is 0. The Kier molecular flexibility index (Phi) is 27.3. The van der Waals surface area contributed by atoms with Crippen LogP contribution in [0.2, 0.25) is 0 Å². The van der Waals surface area contributed by atoms with E-state index in [4.69, 9.17) is 18.9 Å². The first-order valence-electron chi connectivity index (χ1n) is 15.1. The molecule has 0 aliphatic rings. The molecule has 206 valence electrons. The van der Waals surface area contributed by atoms with Crippen LogP contribution in [0, 0.1) is 5.92 Å². The highest BCUT2D eigenvalue weighted by Gasteiger charge is 2.08. The van der Waals surface area contributed by atoms with Gasteiger partial charge in [-0.2, -0.15) is 0 Å². The Labute approximate surface area is 214 Å². The van der Waals surface area contributed by atoms with Crippen LogP contribution in [0.5, 0.6) is 0 Å². The monoisotopic (exact) mass is 486 g/mol. The highest BCUT2D eigenvalue weighted by Crippen LogP contribution is 2.19. The van der Waals surface area contributed by atoms with E-state index in [1.54, 1.807) is 0 Å². The van der Waals surface area contributed by atoms with Crippen LogP contribution in [0.3, 0.4) is 0 Å². The van der Waals surface area contributed by atoms with Gasteiger partial charge in [0.15, 0.2) is 12.6 Å². The fourth-order valence-corrected chi connectivity index (χ4v) is 4.69. The van der Waals surface area contributed by atoms with E-state index in [1.807, 2.05) is 27.7 Å². The fraction of sp³-hybridized carbons (Fsp3) is 1.00. The SMILES string of the molecule is CCOC(CCCCCCCCCC(C)CCCCCCCCCC(OCC)OCC)OCC. The van der Waals surface area contributed by atoms with Gasteiger partial charge in [0.05, 0.1) is 0 Å². The zero-order chi connectivity index (χ0) is 25.1. The van der Waals surface area contributed by atoms with Gasteiger partial charge in [0.25, 0.3) is 0 Å². The average molecular weight is 487 g/mol. The molecule has 0 aliphatic heterocycles. The van der Waals surface area contributed by atoms with Crippen LogP contribution < -0.4 is 0 Å². The largest absolute Gasteiger partial charge is 0.353 e. The number of hydrogen-bond donors (Lipinski definition) is 0. The van der Waals surface area contributed by atoms with Gasteiger partial charge >= 0.3 is 0 Å². The minimum absolute atomic E-state index is 0.0151. The third-order valence-electron chi connectivity index (χ3n) is 6.68. The van der Waals surface area contributed by atoms with E-state index in [0.717, 1.165) is 45.2 Å². The van der Waals surface area contributed by atoms with Crippen LogP contribution in [-0.2, 0) is 18.9 Å². The van der Waals surface area contributed by atoms with Crippen molar-refractivity contribution in [1.29, 1.82) is 0 Å². The molecule has 0 radical (unpaired) electrons. The molecule has 0 saturated carbocycles. The second kappa shape index (κ2) is 27.4. The number of ether oxygens (including phenoxy) is 4. The number of rotatable bonds is 28. The Morgan fingerprint density at radius 2 is 0.588 bits per heavy atom. The predicted octanol–water partition coefficient (Wildman–Crippen LogP) is 9.44. The van der Waals surface area contributed by atoms with E-state index in [-0.39, 0.29) is 12.6 Å². The molecule has 34 heavy (non-hydrogen) atoms. The van der Waals surface area contributed by atoms with Crippen LogP contribution in [0.4, 0.5) is 0 Å². The first-order valence-corrected chi connectivity index (χ1v) is 15.1. The van der Waals surface area contributed by atoms with Crippen molar-refractivity contribution in [2.45, 2.75) is 163 Å². The summed E-state index contributed by atoms with van der Waals surface area (Å²) in [6.07, 6.45) is 24.0. The summed E-state index contributed by atoms with van der Waals surface area (Å²) in [4.78, 5) is 0. The molecule has 0 spiro atoms. The van der Waals surface area contributed by atoms with Crippen molar-refractivity contribution < 1.29 is 18.9 Å². The molecule has 0 N–H and O–H groups in total. The van der Waals surface area contributed by atoms with Crippen LogP contribution in [0.25, 0.3) is 0 Å². The van der Waals surface area contributed by atoms with E-state index < -0.39 is 0 Å². The van der Waals surface area contributed by atoms with Crippen LogP contribution >= 0.6 is 0 Å². The minimum Gasteiger partial charge on any atom is -0.353 e. The van der Waals surface area contributed by atoms with Crippen molar-refractivity contribution in [3.8, 4) is 0 Å². The lowest BCUT2D eigenvalue weighted by atomic mass is 9.95. The molecule has 0 aromatic carbocycles. The number of unbranched alkanes of at least 4 members (excludes halogenated alkanes) is 12. The van der Waals surface area contributed by atoms with Gasteiger partial charge in [-0.15, -0.1) is 0 Å².